The predicted octanol–water partition coefficient (Wildman–Crippen LogP) is -0.543. The standard InChI is InChI=1S/C9H19N3O3/c1-7(11-5-4-6-15-3)8(13)12-9(14)10-2/h7,11H,4-6H2,1-3H3,(H2,10,12,13,14). The second-order valence-corrected chi connectivity index (χ2v) is 3.09. The summed E-state index contributed by atoms with van der Waals surface area (Å²) in [5.41, 5.74) is 0. The van der Waals surface area contributed by atoms with Crippen molar-refractivity contribution in [1.82, 2.24) is 16.0 Å². The van der Waals surface area contributed by atoms with Crippen molar-refractivity contribution < 1.29 is 14.3 Å². The van der Waals surface area contributed by atoms with E-state index in [1.54, 1.807) is 14.0 Å². The molecule has 0 aliphatic rings. The van der Waals surface area contributed by atoms with Gasteiger partial charge in [0.15, 0.2) is 0 Å². The van der Waals surface area contributed by atoms with E-state index in [9.17, 15) is 9.59 Å². The molecule has 0 heterocycles. The zero-order valence-corrected chi connectivity index (χ0v) is 9.42. The number of rotatable bonds is 6. The Balaban J connectivity index is 3.64. The predicted molar refractivity (Wildman–Crippen MR) is 56.6 cm³/mol. The van der Waals surface area contributed by atoms with Crippen molar-refractivity contribution in [3.05, 3.63) is 0 Å². The summed E-state index contributed by atoms with van der Waals surface area (Å²) in [7, 11) is 3.08. The zero-order chi connectivity index (χ0) is 11.7. The molecule has 0 bridgehead atoms. The van der Waals surface area contributed by atoms with Crippen molar-refractivity contribution in [2.45, 2.75) is 19.4 Å². The Bertz CT molecular complexity index is 209. The van der Waals surface area contributed by atoms with Gasteiger partial charge < -0.3 is 15.4 Å². The molecule has 3 amide bonds. The smallest absolute Gasteiger partial charge is 0.321 e. The molecule has 6 nitrogen and oxygen atoms in total. The molecule has 0 aliphatic carbocycles. The van der Waals surface area contributed by atoms with Crippen molar-refractivity contribution in [3.8, 4) is 0 Å². The summed E-state index contributed by atoms with van der Waals surface area (Å²) in [5, 5.41) is 7.47. The molecule has 0 rings (SSSR count). The Morgan fingerprint density at radius 1 is 1.40 bits per heavy atom. The highest BCUT2D eigenvalue weighted by molar-refractivity contribution is 5.96. The van der Waals surface area contributed by atoms with Gasteiger partial charge in [-0.2, -0.15) is 0 Å². The van der Waals surface area contributed by atoms with E-state index in [2.05, 4.69) is 16.0 Å². The van der Waals surface area contributed by atoms with E-state index in [4.69, 9.17) is 4.74 Å². The van der Waals surface area contributed by atoms with Crippen LogP contribution in [0.15, 0.2) is 0 Å². The molecule has 0 saturated heterocycles. The quantitative estimate of drug-likeness (QED) is 0.522. The normalized spacial score (nSPS) is 11.9. The first-order valence-electron chi connectivity index (χ1n) is 4.86. The molecule has 0 radical (unpaired) electrons. The van der Waals surface area contributed by atoms with Crippen LogP contribution in [0.1, 0.15) is 13.3 Å². The highest BCUT2D eigenvalue weighted by atomic mass is 16.5. The summed E-state index contributed by atoms with van der Waals surface area (Å²) in [5.74, 6) is -0.341. The highest BCUT2D eigenvalue weighted by Gasteiger charge is 2.13. The number of carbonyl (C=O) groups is 2. The minimum absolute atomic E-state index is 0.341. The van der Waals surface area contributed by atoms with Crippen LogP contribution in [-0.4, -0.2) is 45.3 Å². The molecule has 0 aliphatic heterocycles. The van der Waals surface area contributed by atoms with Crippen LogP contribution in [0.5, 0.6) is 0 Å². The zero-order valence-electron chi connectivity index (χ0n) is 9.42. The van der Waals surface area contributed by atoms with E-state index >= 15 is 0 Å². The Morgan fingerprint density at radius 3 is 2.60 bits per heavy atom. The third-order valence-corrected chi connectivity index (χ3v) is 1.83. The van der Waals surface area contributed by atoms with Gasteiger partial charge in [0.2, 0.25) is 5.91 Å². The van der Waals surface area contributed by atoms with E-state index in [0.717, 1.165) is 6.42 Å². The van der Waals surface area contributed by atoms with Gasteiger partial charge in [-0.25, -0.2) is 4.79 Å². The summed E-state index contributed by atoms with van der Waals surface area (Å²) in [6, 6.07) is -0.885. The van der Waals surface area contributed by atoms with Crippen LogP contribution in [0.3, 0.4) is 0 Å². The number of imide groups is 1. The molecule has 3 N–H and O–H groups in total. The Kier molecular flexibility index (Phi) is 7.57. The molecule has 6 heteroatoms. The van der Waals surface area contributed by atoms with Crippen LogP contribution in [0, 0.1) is 0 Å². The third-order valence-electron chi connectivity index (χ3n) is 1.83. The molecule has 0 fully saturated rings. The van der Waals surface area contributed by atoms with Gasteiger partial charge in [0.1, 0.15) is 0 Å². The third kappa shape index (κ3) is 6.87. The summed E-state index contributed by atoms with van der Waals surface area (Å²) in [6.45, 7) is 3.03. The van der Waals surface area contributed by atoms with Gasteiger partial charge >= 0.3 is 6.03 Å². The average molecular weight is 217 g/mol. The van der Waals surface area contributed by atoms with Crippen LogP contribution >= 0.6 is 0 Å². The number of urea groups is 1. The van der Waals surface area contributed by atoms with Gasteiger partial charge in [-0.15, -0.1) is 0 Å². The first-order chi connectivity index (χ1) is 7.11. The number of ether oxygens (including phenoxy) is 1. The van der Waals surface area contributed by atoms with Gasteiger partial charge in [0.25, 0.3) is 0 Å². The number of nitrogens with one attached hydrogen (secondary N) is 3. The number of hydrogen-bond donors (Lipinski definition) is 3. The highest BCUT2D eigenvalue weighted by Crippen LogP contribution is 1.84. The molecule has 0 aromatic heterocycles. The lowest BCUT2D eigenvalue weighted by molar-refractivity contribution is -0.121. The molecular formula is C9H19N3O3. The SMILES string of the molecule is CNC(=O)NC(=O)C(C)NCCCOC. The lowest BCUT2D eigenvalue weighted by Gasteiger charge is -2.12. The first-order valence-corrected chi connectivity index (χ1v) is 4.86. The second-order valence-electron chi connectivity index (χ2n) is 3.09. The minimum Gasteiger partial charge on any atom is -0.385 e. The van der Waals surface area contributed by atoms with E-state index in [1.807, 2.05) is 0 Å². The van der Waals surface area contributed by atoms with E-state index in [0.29, 0.717) is 13.2 Å². The topological polar surface area (TPSA) is 79.5 Å². The van der Waals surface area contributed by atoms with Crippen molar-refractivity contribution in [2.75, 3.05) is 27.3 Å². The van der Waals surface area contributed by atoms with Crippen LogP contribution in [0.2, 0.25) is 0 Å². The van der Waals surface area contributed by atoms with Crippen molar-refractivity contribution >= 4 is 11.9 Å². The lowest BCUT2D eigenvalue weighted by atomic mass is 10.3. The molecule has 15 heavy (non-hydrogen) atoms. The van der Waals surface area contributed by atoms with Gasteiger partial charge in [-0.3, -0.25) is 10.1 Å². The van der Waals surface area contributed by atoms with Gasteiger partial charge in [0.05, 0.1) is 6.04 Å². The second kappa shape index (κ2) is 8.19. The monoisotopic (exact) mass is 217 g/mol. The van der Waals surface area contributed by atoms with Crippen LogP contribution < -0.4 is 16.0 Å². The van der Waals surface area contributed by atoms with Crippen molar-refractivity contribution in [3.63, 3.8) is 0 Å². The fourth-order valence-electron chi connectivity index (χ4n) is 0.910. The average Bonchev–Trinajstić information content (AvgIpc) is 2.23. The minimum atomic E-state index is -0.495. The Hall–Kier alpha value is -1.14. The number of amides is 3. The van der Waals surface area contributed by atoms with Crippen LogP contribution in [-0.2, 0) is 9.53 Å². The molecule has 0 spiro atoms. The molecule has 0 aromatic rings. The number of hydrogen-bond acceptors (Lipinski definition) is 4. The van der Waals surface area contributed by atoms with Crippen molar-refractivity contribution in [2.24, 2.45) is 0 Å². The Morgan fingerprint density at radius 2 is 2.07 bits per heavy atom. The Labute approximate surface area is 89.7 Å². The lowest BCUT2D eigenvalue weighted by Crippen LogP contribution is -2.47. The summed E-state index contributed by atoms with van der Waals surface area (Å²) >= 11 is 0. The maximum Gasteiger partial charge on any atom is 0.321 e. The molecule has 0 aromatic carbocycles. The van der Waals surface area contributed by atoms with E-state index in [1.165, 1.54) is 7.05 Å². The maximum atomic E-state index is 11.3. The molecule has 1 unspecified atom stereocenters. The fraction of sp³-hybridized carbons (Fsp3) is 0.778. The van der Waals surface area contributed by atoms with E-state index < -0.39 is 6.03 Å². The van der Waals surface area contributed by atoms with E-state index in [-0.39, 0.29) is 11.9 Å². The largest absolute Gasteiger partial charge is 0.385 e. The number of carbonyl (C=O) groups excluding carboxylic acids is 2. The summed E-state index contributed by atoms with van der Waals surface area (Å²) < 4.78 is 4.86. The summed E-state index contributed by atoms with van der Waals surface area (Å²) in [6.07, 6.45) is 0.827. The van der Waals surface area contributed by atoms with Crippen LogP contribution in [0.25, 0.3) is 0 Å². The fourth-order valence-corrected chi connectivity index (χ4v) is 0.910. The number of methoxy groups -OCH3 is 1. The molecule has 88 valence electrons. The molecule has 0 saturated carbocycles. The van der Waals surface area contributed by atoms with Crippen molar-refractivity contribution in [1.29, 1.82) is 0 Å². The van der Waals surface area contributed by atoms with Gasteiger partial charge in [-0.1, -0.05) is 0 Å². The summed E-state index contributed by atoms with van der Waals surface area (Å²) in [4.78, 5) is 22.1. The first kappa shape index (κ1) is 13.9. The maximum absolute atomic E-state index is 11.3. The molecular weight excluding hydrogens is 198 g/mol. The van der Waals surface area contributed by atoms with Gasteiger partial charge in [0, 0.05) is 20.8 Å². The van der Waals surface area contributed by atoms with Crippen LogP contribution in [0.4, 0.5) is 4.79 Å². The van der Waals surface area contributed by atoms with Gasteiger partial charge in [-0.05, 0) is 19.9 Å². The molecule has 1 atom stereocenters.